The topological polar surface area (TPSA) is 17.1 Å². The van der Waals surface area contributed by atoms with E-state index in [9.17, 15) is 4.79 Å². The summed E-state index contributed by atoms with van der Waals surface area (Å²) in [5.74, 6) is -0.212. The average Bonchev–Trinajstić information content (AvgIpc) is 2.11. The van der Waals surface area contributed by atoms with Crippen molar-refractivity contribution in [1.29, 1.82) is 0 Å². The first kappa shape index (κ1) is 10.8. The lowest BCUT2D eigenvalue weighted by Gasteiger charge is -2.26. The third-order valence-corrected chi connectivity index (χ3v) is 3.17. The van der Waals surface area contributed by atoms with Crippen molar-refractivity contribution in [3.63, 3.8) is 0 Å². The highest BCUT2D eigenvalue weighted by atomic mass is 35.5. The second kappa shape index (κ2) is 4.30. The molecule has 2 atom stereocenters. The molecule has 0 heterocycles. The van der Waals surface area contributed by atoms with Crippen molar-refractivity contribution < 1.29 is 4.79 Å². The van der Waals surface area contributed by atoms with Gasteiger partial charge in [0.2, 0.25) is 0 Å². The summed E-state index contributed by atoms with van der Waals surface area (Å²) in [5, 5.41) is 0.565. The fourth-order valence-corrected chi connectivity index (χ4v) is 1.99. The van der Waals surface area contributed by atoms with Crippen LogP contribution in [0.1, 0.15) is 19.8 Å². The van der Waals surface area contributed by atoms with E-state index in [-0.39, 0.29) is 5.92 Å². The van der Waals surface area contributed by atoms with Gasteiger partial charge in [-0.15, -0.1) is 11.6 Å². The molecule has 0 aromatic heterocycles. The highest BCUT2D eigenvalue weighted by molar-refractivity contribution is 6.40. The Hall–Kier alpha value is -0.270. The molecule has 13 heavy (non-hydrogen) atoms. The summed E-state index contributed by atoms with van der Waals surface area (Å²) in [6, 6.07) is 0. The van der Waals surface area contributed by atoms with Crippen LogP contribution >= 0.6 is 23.2 Å². The quantitative estimate of drug-likeness (QED) is 0.404. The first-order chi connectivity index (χ1) is 6.12. The summed E-state index contributed by atoms with van der Waals surface area (Å²) in [7, 11) is 0. The SMILES string of the molecule is CCCC1(Cl)C=CC(C=O)C=C1Cl. The van der Waals surface area contributed by atoms with Crippen LogP contribution in [0.15, 0.2) is 23.3 Å². The summed E-state index contributed by atoms with van der Waals surface area (Å²) < 4.78 is 0. The van der Waals surface area contributed by atoms with Crippen LogP contribution in [0.5, 0.6) is 0 Å². The van der Waals surface area contributed by atoms with E-state index in [0.29, 0.717) is 5.03 Å². The summed E-state index contributed by atoms with van der Waals surface area (Å²) in [6.45, 7) is 2.05. The van der Waals surface area contributed by atoms with E-state index in [2.05, 4.69) is 0 Å². The molecule has 0 aromatic rings. The molecule has 0 radical (unpaired) electrons. The highest BCUT2D eigenvalue weighted by Gasteiger charge is 2.30. The molecule has 0 bridgehead atoms. The molecule has 0 amide bonds. The number of allylic oxidation sites excluding steroid dienone is 4. The second-order valence-electron chi connectivity index (χ2n) is 3.20. The van der Waals surface area contributed by atoms with Crippen LogP contribution in [0.3, 0.4) is 0 Å². The minimum atomic E-state index is -0.574. The summed E-state index contributed by atoms with van der Waals surface area (Å²) in [6.07, 6.45) is 7.93. The average molecular weight is 219 g/mol. The predicted octanol–water partition coefficient (Wildman–Crippen LogP) is 3.27. The van der Waals surface area contributed by atoms with Gasteiger partial charge in [-0.25, -0.2) is 0 Å². The Labute approximate surface area is 88.4 Å². The van der Waals surface area contributed by atoms with Gasteiger partial charge < -0.3 is 4.79 Å². The van der Waals surface area contributed by atoms with Crippen molar-refractivity contribution in [2.75, 3.05) is 0 Å². The Balaban J connectivity index is 2.82. The van der Waals surface area contributed by atoms with Crippen molar-refractivity contribution >= 4 is 29.5 Å². The zero-order valence-electron chi connectivity index (χ0n) is 7.47. The Bertz CT molecular complexity index is 258. The summed E-state index contributed by atoms with van der Waals surface area (Å²) >= 11 is 12.2. The minimum Gasteiger partial charge on any atom is -0.302 e. The third kappa shape index (κ3) is 2.35. The standard InChI is InChI=1S/C10H12Cl2O/c1-2-4-10(12)5-3-8(7-13)6-9(10)11/h3,5-8H,2,4H2,1H3. The number of hydrogen-bond acceptors (Lipinski definition) is 1. The molecule has 0 saturated carbocycles. The number of halogens is 2. The first-order valence-electron chi connectivity index (χ1n) is 4.34. The van der Waals surface area contributed by atoms with Gasteiger partial charge in [0.05, 0.1) is 10.8 Å². The number of alkyl halides is 1. The maximum absolute atomic E-state index is 10.5. The molecular weight excluding hydrogens is 207 g/mol. The number of hydrogen-bond donors (Lipinski definition) is 0. The van der Waals surface area contributed by atoms with Gasteiger partial charge in [-0.1, -0.05) is 43.2 Å². The molecule has 72 valence electrons. The van der Waals surface area contributed by atoms with Crippen LogP contribution in [0.4, 0.5) is 0 Å². The zero-order valence-corrected chi connectivity index (χ0v) is 8.98. The molecule has 0 fully saturated rings. The van der Waals surface area contributed by atoms with E-state index in [1.165, 1.54) is 0 Å². The Morgan fingerprint density at radius 1 is 1.69 bits per heavy atom. The number of aldehydes is 1. The molecule has 1 nitrogen and oxygen atoms in total. The van der Waals surface area contributed by atoms with Crippen LogP contribution in [0.2, 0.25) is 0 Å². The van der Waals surface area contributed by atoms with Gasteiger partial charge in [0.15, 0.2) is 0 Å². The molecule has 2 unspecified atom stereocenters. The van der Waals surface area contributed by atoms with E-state index in [1.54, 1.807) is 12.2 Å². The fourth-order valence-electron chi connectivity index (χ4n) is 1.36. The molecule has 0 spiro atoms. The van der Waals surface area contributed by atoms with Gasteiger partial charge in [0, 0.05) is 5.03 Å². The molecule has 0 aromatic carbocycles. The van der Waals surface area contributed by atoms with E-state index < -0.39 is 4.87 Å². The van der Waals surface area contributed by atoms with Crippen LogP contribution in [0, 0.1) is 5.92 Å². The molecule has 0 saturated heterocycles. The number of carbonyl (C=O) groups excluding carboxylic acids is 1. The molecular formula is C10H12Cl2O. The van der Waals surface area contributed by atoms with E-state index >= 15 is 0 Å². The van der Waals surface area contributed by atoms with E-state index in [1.807, 2.05) is 13.0 Å². The molecule has 0 aliphatic heterocycles. The molecule has 1 aliphatic carbocycles. The molecule has 1 rings (SSSR count). The van der Waals surface area contributed by atoms with Crippen molar-refractivity contribution in [3.05, 3.63) is 23.3 Å². The number of rotatable bonds is 3. The van der Waals surface area contributed by atoms with Crippen LogP contribution in [0.25, 0.3) is 0 Å². The summed E-state index contributed by atoms with van der Waals surface area (Å²) in [5.41, 5.74) is 0. The van der Waals surface area contributed by atoms with Crippen molar-refractivity contribution in [1.82, 2.24) is 0 Å². The van der Waals surface area contributed by atoms with E-state index in [4.69, 9.17) is 23.2 Å². The Morgan fingerprint density at radius 2 is 2.38 bits per heavy atom. The third-order valence-electron chi connectivity index (χ3n) is 2.09. The zero-order chi connectivity index (χ0) is 9.90. The lowest BCUT2D eigenvalue weighted by molar-refractivity contribution is -0.108. The van der Waals surface area contributed by atoms with Crippen molar-refractivity contribution in [2.24, 2.45) is 5.92 Å². The van der Waals surface area contributed by atoms with Crippen molar-refractivity contribution in [2.45, 2.75) is 24.6 Å². The Kier molecular flexibility index (Phi) is 3.57. The van der Waals surface area contributed by atoms with Crippen LogP contribution in [-0.4, -0.2) is 11.2 Å². The maximum atomic E-state index is 10.5. The number of carbonyl (C=O) groups is 1. The maximum Gasteiger partial charge on any atom is 0.130 e. The normalized spacial score (nSPS) is 32.8. The smallest absolute Gasteiger partial charge is 0.130 e. The van der Waals surface area contributed by atoms with Gasteiger partial charge in [0.1, 0.15) is 6.29 Å². The summed E-state index contributed by atoms with van der Waals surface area (Å²) in [4.78, 5) is 9.90. The predicted molar refractivity (Wildman–Crippen MR) is 56.1 cm³/mol. The van der Waals surface area contributed by atoms with Gasteiger partial charge >= 0.3 is 0 Å². The minimum absolute atomic E-state index is 0.212. The lowest BCUT2D eigenvalue weighted by Crippen LogP contribution is -2.22. The molecule has 3 heteroatoms. The van der Waals surface area contributed by atoms with Crippen LogP contribution in [-0.2, 0) is 4.79 Å². The van der Waals surface area contributed by atoms with Gasteiger partial charge in [-0.05, 0) is 6.42 Å². The highest BCUT2D eigenvalue weighted by Crippen LogP contribution is 2.38. The first-order valence-corrected chi connectivity index (χ1v) is 5.09. The Morgan fingerprint density at radius 3 is 2.85 bits per heavy atom. The molecule has 1 aliphatic rings. The van der Waals surface area contributed by atoms with E-state index in [0.717, 1.165) is 19.1 Å². The lowest BCUT2D eigenvalue weighted by atomic mass is 9.92. The second-order valence-corrected chi connectivity index (χ2v) is 4.28. The van der Waals surface area contributed by atoms with Gasteiger partial charge in [0.25, 0.3) is 0 Å². The van der Waals surface area contributed by atoms with Crippen LogP contribution < -0.4 is 0 Å². The monoisotopic (exact) mass is 218 g/mol. The fraction of sp³-hybridized carbons (Fsp3) is 0.500. The molecule has 0 N–H and O–H groups in total. The van der Waals surface area contributed by atoms with Gasteiger partial charge in [-0.3, -0.25) is 0 Å². The largest absolute Gasteiger partial charge is 0.302 e. The van der Waals surface area contributed by atoms with Crippen molar-refractivity contribution in [3.8, 4) is 0 Å². The van der Waals surface area contributed by atoms with Gasteiger partial charge in [-0.2, -0.15) is 0 Å².